The van der Waals surface area contributed by atoms with Gasteiger partial charge in [-0.05, 0) is 38.0 Å². The molecule has 0 aromatic rings. The van der Waals surface area contributed by atoms with E-state index in [-0.39, 0.29) is 5.60 Å². The molecule has 0 aromatic carbocycles. The molecule has 4 heteroatoms. The minimum Gasteiger partial charge on any atom is -0.375 e. The first-order valence-electron chi connectivity index (χ1n) is 7.76. The highest BCUT2D eigenvalue weighted by atomic mass is 32.2. The van der Waals surface area contributed by atoms with Gasteiger partial charge in [-0.2, -0.15) is 23.5 Å². The molecule has 5 atom stereocenters. The maximum absolute atomic E-state index is 6.64. The molecule has 19 heavy (non-hydrogen) atoms. The fourth-order valence-electron chi connectivity index (χ4n) is 3.63. The zero-order chi connectivity index (χ0) is 13.5. The Labute approximate surface area is 126 Å². The van der Waals surface area contributed by atoms with Gasteiger partial charge in [0.05, 0.1) is 5.60 Å². The molecule has 1 saturated carbocycles. The van der Waals surface area contributed by atoms with E-state index in [2.05, 4.69) is 37.4 Å². The van der Waals surface area contributed by atoms with Crippen molar-refractivity contribution in [3.63, 3.8) is 0 Å². The van der Waals surface area contributed by atoms with Gasteiger partial charge in [0.25, 0.3) is 0 Å². The van der Waals surface area contributed by atoms with Crippen molar-refractivity contribution >= 4 is 23.5 Å². The first-order valence-corrected chi connectivity index (χ1v) is 9.75. The third-order valence-corrected chi connectivity index (χ3v) is 8.88. The van der Waals surface area contributed by atoms with E-state index in [1.54, 1.807) is 0 Å². The SMILES string of the molecule is CC1SCC(C(N)C2CCOC3(CCC3)C2)SC1C. The molecule has 2 nitrogen and oxygen atoms in total. The number of rotatable bonds is 2. The number of ether oxygens (including phenoxy) is 1. The van der Waals surface area contributed by atoms with Gasteiger partial charge in [-0.3, -0.25) is 0 Å². The molecule has 1 aliphatic carbocycles. The Balaban J connectivity index is 1.58. The van der Waals surface area contributed by atoms with Crippen molar-refractivity contribution in [1.82, 2.24) is 0 Å². The summed E-state index contributed by atoms with van der Waals surface area (Å²) in [6.07, 6.45) is 6.30. The number of nitrogens with two attached hydrogens (primary N) is 1. The molecular formula is C15H27NOS2. The average Bonchev–Trinajstić information content (AvgIpc) is 2.39. The Hall–Kier alpha value is 0.620. The van der Waals surface area contributed by atoms with Gasteiger partial charge in [0, 0.05) is 34.2 Å². The van der Waals surface area contributed by atoms with Gasteiger partial charge in [-0.15, -0.1) is 0 Å². The number of thioether (sulfide) groups is 2. The molecule has 3 aliphatic rings. The van der Waals surface area contributed by atoms with E-state index >= 15 is 0 Å². The lowest BCUT2D eigenvalue weighted by molar-refractivity contribution is -0.145. The summed E-state index contributed by atoms with van der Waals surface area (Å²) in [7, 11) is 0. The van der Waals surface area contributed by atoms with Crippen LogP contribution in [0.3, 0.4) is 0 Å². The van der Waals surface area contributed by atoms with Crippen LogP contribution in [0.15, 0.2) is 0 Å². The molecule has 5 unspecified atom stereocenters. The van der Waals surface area contributed by atoms with Crippen LogP contribution in [-0.4, -0.2) is 39.8 Å². The van der Waals surface area contributed by atoms with Gasteiger partial charge < -0.3 is 10.5 Å². The molecule has 0 amide bonds. The molecule has 2 aliphatic heterocycles. The van der Waals surface area contributed by atoms with E-state index in [0.717, 1.165) is 17.1 Å². The van der Waals surface area contributed by atoms with Crippen LogP contribution in [0.2, 0.25) is 0 Å². The molecule has 3 fully saturated rings. The zero-order valence-corrected chi connectivity index (χ0v) is 13.8. The lowest BCUT2D eigenvalue weighted by Gasteiger charge is -2.49. The van der Waals surface area contributed by atoms with Crippen molar-refractivity contribution in [1.29, 1.82) is 0 Å². The summed E-state index contributed by atoms with van der Waals surface area (Å²) in [5.74, 6) is 1.93. The Kier molecular flexibility index (Phi) is 4.43. The quantitative estimate of drug-likeness (QED) is 0.849. The van der Waals surface area contributed by atoms with Crippen LogP contribution < -0.4 is 5.73 Å². The van der Waals surface area contributed by atoms with Gasteiger partial charge in [-0.1, -0.05) is 13.8 Å². The van der Waals surface area contributed by atoms with Gasteiger partial charge in [-0.25, -0.2) is 0 Å². The Bertz CT molecular complexity index is 321. The third kappa shape index (κ3) is 2.97. The van der Waals surface area contributed by atoms with E-state index in [1.807, 2.05) is 0 Å². The second-order valence-electron chi connectivity index (χ2n) is 6.63. The molecular weight excluding hydrogens is 274 g/mol. The molecule has 3 rings (SSSR count). The van der Waals surface area contributed by atoms with Crippen LogP contribution in [0.25, 0.3) is 0 Å². The van der Waals surface area contributed by atoms with Gasteiger partial charge in [0.1, 0.15) is 0 Å². The van der Waals surface area contributed by atoms with Crippen molar-refractivity contribution < 1.29 is 4.74 Å². The smallest absolute Gasteiger partial charge is 0.0685 e. The standard InChI is InChI=1S/C15H27NOS2/c1-10-11(2)19-13(9-18-10)14(16)12-4-7-17-15(8-12)5-3-6-15/h10-14H,3-9,16H2,1-2H3. The summed E-state index contributed by atoms with van der Waals surface area (Å²) in [5.41, 5.74) is 6.88. The molecule has 2 saturated heterocycles. The average molecular weight is 302 g/mol. The van der Waals surface area contributed by atoms with Crippen molar-refractivity contribution in [2.75, 3.05) is 12.4 Å². The summed E-state index contributed by atoms with van der Waals surface area (Å²) in [4.78, 5) is 0. The van der Waals surface area contributed by atoms with Gasteiger partial charge >= 0.3 is 0 Å². The Morgan fingerprint density at radius 3 is 2.68 bits per heavy atom. The van der Waals surface area contributed by atoms with Crippen LogP contribution in [0.4, 0.5) is 0 Å². The van der Waals surface area contributed by atoms with E-state index in [9.17, 15) is 0 Å². The lowest BCUT2D eigenvalue weighted by Crippen LogP contribution is -2.52. The van der Waals surface area contributed by atoms with E-state index in [4.69, 9.17) is 10.5 Å². The molecule has 2 heterocycles. The summed E-state index contributed by atoms with van der Waals surface area (Å²) >= 11 is 4.25. The summed E-state index contributed by atoms with van der Waals surface area (Å²) in [5, 5.41) is 2.17. The third-order valence-electron chi connectivity index (χ3n) is 5.34. The normalized spacial score (nSPS) is 43.7. The van der Waals surface area contributed by atoms with Crippen molar-refractivity contribution in [2.24, 2.45) is 11.7 Å². The predicted octanol–water partition coefficient (Wildman–Crippen LogP) is 3.29. The van der Waals surface area contributed by atoms with Crippen LogP contribution in [0, 0.1) is 5.92 Å². The maximum Gasteiger partial charge on any atom is 0.0685 e. The lowest BCUT2D eigenvalue weighted by atomic mass is 9.70. The minimum atomic E-state index is 0.242. The highest BCUT2D eigenvalue weighted by Crippen LogP contribution is 2.46. The summed E-state index contributed by atoms with van der Waals surface area (Å²) in [6, 6.07) is 0.369. The molecule has 0 bridgehead atoms. The second kappa shape index (κ2) is 5.78. The Morgan fingerprint density at radius 1 is 1.26 bits per heavy atom. The van der Waals surface area contributed by atoms with Crippen LogP contribution >= 0.6 is 23.5 Å². The zero-order valence-electron chi connectivity index (χ0n) is 12.1. The molecule has 1 spiro atoms. The van der Waals surface area contributed by atoms with Crippen LogP contribution in [-0.2, 0) is 4.74 Å². The fraction of sp³-hybridized carbons (Fsp3) is 1.00. The largest absolute Gasteiger partial charge is 0.375 e. The van der Waals surface area contributed by atoms with Crippen LogP contribution in [0.5, 0.6) is 0 Å². The van der Waals surface area contributed by atoms with Gasteiger partial charge in [0.15, 0.2) is 0 Å². The highest BCUT2D eigenvalue weighted by Gasteiger charge is 2.45. The van der Waals surface area contributed by atoms with E-state index in [0.29, 0.717) is 17.2 Å². The second-order valence-corrected chi connectivity index (χ2v) is 9.66. The topological polar surface area (TPSA) is 35.2 Å². The van der Waals surface area contributed by atoms with E-state index in [1.165, 1.54) is 37.9 Å². The monoisotopic (exact) mass is 301 g/mol. The molecule has 0 radical (unpaired) electrons. The fourth-order valence-corrected chi connectivity index (χ4v) is 6.77. The first-order chi connectivity index (χ1) is 9.10. The van der Waals surface area contributed by atoms with Gasteiger partial charge in [0.2, 0.25) is 0 Å². The molecule has 2 N–H and O–H groups in total. The van der Waals surface area contributed by atoms with Crippen molar-refractivity contribution in [3.05, 3.63) is 0 Å². The Morgan fingerprint density at radius 2 is 2.05 bits per heavy atom. The first kappa shape index (κ1) is 14.6. The van der Waals surface area contributed by atoms with Crippen molar-refractivity contribution in [3.8, 4) is 0 Å². The summed E-state index contributed by atoms with van der Waals surface area (Å²) < 4.78 is 6.04. The maximum atomic E-state index is 6.64. The molecule has 110 valence electrons. The molecule has 0 aromatic heterocycles. The summed E-state index contributed by atoms with van der Waals surface area (Å²) in [6.45, 7) is 5.65. The van der Waals surface area contributed by atoms with Crippen molar-refractivity contribution in [2.45, 2.75) is 73.3 Å². The number of hydrogen-bond acceptors (Lipinski definition) is 4. The highest BCUT2D eigenvalue weighted by molar-refractivity contribution is 8.07. The number of hydrogen-bond donors (Lipinski definition) is 1. The predicted molar refractivity (Wildman–Crippen MR) is 86.0 cm³/mol. The van der Waals surface area contributed by atoms with Crippen LogP contribution in [0.1, 0.15) is 46.0 Å². The van der Waals surface area contributed by atoms with E-state index < -0.39 is 0 Å². The minimum absolute atomic E-state index is 0.242.